The van der Waals surface area contributed by atoms with Crippen LogP contribution in [0.5, 0.6) is 0 Å². The normalized spacial score (nSPS) is 12.4. The van der Waals surface area contributed by atoms with Crippen LogP contribution >= 0.6 is 34.8 Å². The fourth-order valence-electron chi connectivity index (χ4n) is 3.14. The Morgan fingerprint density at radius 3 is 2.12 bits per heavy atom. The molecule has 0 aliphatic rings. The predicted octanol–water partition coefficient (Wildman–Crippen LogP) is 4.60. The summed E-state index contributed by atoms with van der Waals surface area (Å²) in [5.41, 5.74) is 0.765. The number of benzene rings is 2. The summed E-state index contributed by atoms with van der Waals surface area (Å²) >= 11 is 18.4. The molecule has 0 saturated carbocycles. The van der Waals surface area contributed by atoms with Gasteiger partial charge in [-0.05, 0) is 42.7 Å². The van der Waals surface area contributed by atoms with Crippen molar-refractivity contribution in [2.24, 2.45) is 5.92 Å². The predicted molar refractivity (Wildman–Crippen MR) is 138 cm³/mol. The highest BCUT2D eigenvalue weighted by Gasteiger charge is 2.30. The van der Waals surface area contributed by atoms with Crippen LogP contribution in [0.4, 0.5) is 5.69 Å². The molecule has 2 aromatic carbocycles. The Kier molecular flexibility index (Phi) is 10.1. The molecule has 0 bridgehead atoms. The third-order valence-electron chi connectivity index (χ3n) is 4.96. The van der Waals surface area contributed by atoms with Crippen molar-refractivity contribution < 1.29 is 18.0 Å². The molecule has 0 saturated heterocycles. The third-order valence-corrected chi connectivity index (χ3v) is 6.91. The number of nitrogens with one attached hydrogen (secondary N) is 1. The second-order valence-electron chi connectivity index (χ2n) is 8.33. The molecule has 0 radical (unpaired) electrons. The van der Waals surface area contributed by atoms with Crippen molar-refractivity contribution in [2.75, 3.05) is 23.7 Å². The highest BCUT2D eigenvalue weighted by Crippen LogP contribution is 2.27. The summed E-state index contributed by atoms with van der Waals surface area (Å²) in [5, 5.41) is 3.68. The summed E-state index contributed by atoms with van der Waals surface area (Å²) in [6, 6.07) is 10.3. The van der Waals surface area contributed by atoms with Crippen LogP contribution in [0.25, 0.3) is 0 Å². The molecule has 2 aromatic rings. The van der Waals surface area contributed by atoms with Crippen molar-refractivity contribution in [2.45, 2.75) is 33.4 Å². The highest BCUT2D eigenvalue weighted by atomic mass is 35.5. The average molecular weight is 549 g/mol. The lowest BCUT2D eigenvalue weighted by Crippen LogP contribution is -2.51. The van der Waals surface area contributed by atoms with Gasteiger partial charge >= 0.3 is 0 Å². The Morgan fingerprint density at radius 2 is 1.59 bits per heavy atom. The number of anilines is 1. The number of nitrogens with zero attached hydrogens (tertiary/aromatic N) is 2. The number of carbonyl (C=O) groups is 2. The van der Waals surface area contributed by atoms with Gasteiger partial charge in [0.15, 0.2) is 0 Å². The maximum atomic E-state index is 13.5. The number of amides is 2. The molecular weight excluding hydrogens is 521 g/mol. The minimum Gasteiger partial charge on any atom is -0.354 e. The minimum atomic E-state index is -3.89. The molecule has 0 aliphatic heterocycles. The molecule has 2 rings (SSSR count). The van der Waals surface area contributed by atoms with E-state index in [4.69, 9.17) is 34.8 Å². The summed E-state index contributed by atoms with van der Waals surface area (Å²) in [7, 11) is -3.89. The molecule has 0 spiro atoms. The lowest BCUT2D eigenvalue weighted by atomic mass is 10.1. The SMILES string of the molecule is CC(C)CNC(=O)[C@H](C)N(Cc1ccccc1Cl)C(=O)CN(c1cc(Cl)cc(Cl)c1)S(C)(=O)=O. The summed E-state index contributed by atoms with van der Waals surface area (Å²) in [4.78, 5) is 27.6. The number of hydrogen-bond donors (Lipinski definition) is 1. The Bertz CT molecular complexity index is 1120. The molecule has 34 heavy (non-hydrogen) atoms. The van der Waals surface area contributed by atoms with E-state index >= 15 is 0 Å². The van der Waals surface area contributed by atoms with E-state index in [1.807, 2.05) is 13.8 Å². The van der Waals surface area contributed by atoms with Gasteiger partial charge < -0.3 is 10.2 Å². The number of halogens is 3. The van der Waals surface area contributed by atoms with Crippen LogP contribution in [0.1, 0.15) is 26.3 Å². The van der Waals surface area contributed by atoms with E-state index < -0.39 is 28.5 Å². The van der Waals surface area contributed by atoms with E-state index in [1.165, 1.54) is 23.1 Å². The standard InChI is InChI=1S/C23H28Cl3N3O4S/c1-15(2)12-27-23(31)16(3)28(13-17-7-5-6-8-21(17)26)22(30)14-29(34(4,32)33)20-10-18(24)9-19(25)11-20/h5-11,15-16H,12-14H2,1-4H3,(H,27,31)/t16-/m0/s1. The highest BCUT2D eigenvalue weighted by molar-refractivity contribution is 7.92. The zero-order chi connectivity index (χ0) is 25.6. The Hall–Kier alpha value is -2.00. The van der Waals surface area contributed by atoms with E-state index in [2.05, 4.69) is 5.32 Å². The lowest BCUT2D eigenvalue weighted by molar-refractivity contribution is -0.139. The number of sulfonamides is 1. The Labute approximate surface area is 216 Å². The summed E-state index contributed by atoms with van der Waals surface area (Å²) in [6.07, 6.45) is 0.978. The van der Waals surface area contributed by atoms with Gasteiger partial charge in [0.05, 0.1) is 11.9 Å². The van der Waals surface area contributed by atoms with Gasteiger partial charge in [-0.3, -0.25) is 13.9 Å². The molecule has 0 fully saturated rings. The van der Waals surface area contributed by atoms with E-state index in [-0.39, 0.29) is 34.1 Å². The van der Waals surface area contributed by atoms with Gasteiger partial charge in [0.1, 0.15) is 12.6 Å². The first-order valence-electron chi connectivity index (χ1n) is 10.5. The van der Waals surface area contributed by atoms with Crippen LogP contribution < -0.4 is 9.62 Å². The first-order chi connectivity index (χ1) is 15.8. The van der Waals surface area contributed by atoms with Crippen molar-refractivity contribution in [1.29, 1.82) is 0 Å². The summed E-state index contributed by atoms with van der Waals surface area (Å²) in [6.45, 7) is 5.40. The van der Waals surface area contributed by atoms with Crippen LogP contribution in [-0.2, 0) is 26.2 Å². The van der Waals surface area contributed by atoms with Gasteiger partial charge in [0.2, 0.25) is 21.8 Å². The second-order valence-corrected chi connectivity index (χ2v) is 11.5. The molecule has 7 nitrogen and oxygen atoms in total. The van der Waals surface area contributed by atoms with E-state index in [0.29, 0.717) is 17.1 Å². The maximum absolute atomic E-state index is 13.5. The van der Waals surface area contributed by atoms with E-state index in [9.17, 15) is 18.0 Å². The maximum Gasteiger partial charge on any atom is 0.244 e. The van der Waals surface area contributed by atoms with Gasteiger partial charge in [-0.15, -0.1) is 0 Å². The van der Waals surface area contributed by atoms with Gasteiger partial charge in [-0.25, -0.2) is 8.42 Å². The summed E-state index contributed by atoms with van der Waals surface area (Å²) in [5.74, 6) is -0.725. The van der Waals surface area contributed by atoms with Crippen LogP contribution in [0, 0.1) is 5.92 Å². The fourth-order valence-corrected chi connectivity index (χ4v) is 4.69. The largest absolute Gasteiger partial charge is 0.354 e. The Morgan fingerprint density at radius 1 is 1.00 bits per heavy atom. The first-order valence-corrected chi connectivity index (χ1v) is 13.5. The van der Waals surface area contributed by atoms with Crippen molar-refractivity contribution in [3.8, 4) is 0 Å². The Balaban J connectivity index is 2.41. The molecule has 0 unspecified atom stereocenters. The van der Waals surface area contributed by atoms with Gasteiger partial charge in [0, 0.05) is 28.2 Å². The summed E-state index contributed by atoms with van der Waals surface area (Å²) < 4.78 is 26.1. The first kappa shape index (κ1) is 28.2. The van der Waals surface area contributed by atoms with E-state index in [1.54, 1.807) is 31.2 Å². The molecule has 1 N–H and O–H groups in total. The van der Waals surface area contributed by atoms with Gasteiger partial charge in [0.25, 0.3) is 0 Å². The molecule has 1 atom stereocenters. The molecule has 0 heterocycles. The molecule has 0 aliphatic carbocycles. The third kappa shape index (κ3) is 8.05. The molecule has 2 amide bonds. The number of rotatable bonds is 10. The quantitative estimate of drug-likeness (QED) is 0.470. The van der Waals surface area contributed by atoms with Crippen molar-refractivity contribution in [3.05, 3.63) is 63.1 Å². The number of carbonyl (C=O) groups excluding carboxylic acids is 2. The lowest BCUT2D eigenvalue weighted by Gasteiger charge is -2.32. The molecule has 186 valence electrons. The van der Waals surface area contributed by atoms with Crippen molar-refractivity contribution >= 4 is 62.3 Å². The smallest absolute Gasteiger partial charge is 0.244 e. The van der Waals surface area contributed by atoms with Crippen LogP contribution in [0.2, 0.25) is 15.1 Å². The molecule has 0 aromatic heterocycles. The molecule has 11 heteroatoms. The zero-order valence-electron chi connectivity index (χ0n) is 19.4. The van der Waals surface area contributed by atoms with Gasteiger partial charge in [-0.2, -0.15) is 0 Å². The van der Waals surface area contributed by atoms with Crippen molar-refractivity contribution in [3.63, 3.8) is 0 Å². The van der Waals surface area contributed by atoms with Crippen LogP contribution in [0.3, 0.4) is 0 Å². The van der Waals surface area contributed by atoms with E-state index in [0.717, 1.165) is 10.6 Å². The second kappa shape index (κ2) is 12.1. The van der Waals surface area contributed by atoms with Crippen molar-refractivity contribution in [1.82, 2.24) is 10.2 Å². The molecular formula is C23H28Cl3N3O4S. The average Bonchev–Trinajstić information content (AvgIpc) is 2.73. The fraction of sp³-hybridized carbons (Fsp3) is 0.391. The van der Waals surface area contributed by atoms with Gasteiger partial charge in [-0.1, -0.05) is 66.8 Å². The van der Waals surface area contributed by atoms with Crippen LogP contribution in [-0.4, -0.2) is 50.5 Å². The van der Waals surface area contributed by atoms with Crippen LogP contribution in [0.15, 0.2) is 42.5 Å². The zero-order valence-corrected chi connectivity index (χ0v) is 22.5. The monoisotopic (exact) mass is 547 g/mol. The topological polar surface area (TPSA) is 86.8 Å². The number of hydrogen-bond acceptors (Lipinski definition) is 4. The minimum absolute atomic E-state index is 0.0165.